The van der Waals surface area contributed by atoms with E-state index in [9.17, 15) is 15.0 Å². The first-order valence-electron chi connectivity index (χ1n) is 10.3. The van der Waals surface area contributed by atoms with Crippen LogP contribution in [0.3, 0.4) is 0 Å². The molecule has 4 aliphatic rings. The van der Waals surface area contributed by atoms with E-state index in [1.54, 1.807) is 0 Å². The number of aliphatic hydroxyl groups excluding tert-OH is 2. The number of esters is 1. The number of rotatable bonds is 1. The van der Waals surface area contributed by atoms with Crippen LogP contribution in [0.25, 0.3) is 0 Å². The van der Waals surface area contributed by atoms with Crippen LogP contribution in [-0.4, -0.2) is 34.5 Å². The van der Waals surface area contributed by atoms with Crippen molar-refractivity contribution in [3.63, 3.8) is 0 Å². The van der Waals surface area contributed by atoms with Crippen LogP contribution in [0.15, 0.2) is 0 Å². The highest BCUT2D eigenvalue weighted by Gasteiger charge is 2.62. The molecule has 4 heteroatoms. The van der Waals surface area contributed by atoms with Gasteiger partial charge in [-0.25, -0.2) is 0 Å². The molecule has 9 atom stereocenters. The highest BCUT2D eigenvalue weighted by Crippen LogP contribution is 2.66. The van der Waals surface area contributed by atoms with E-state index < -0.39 is 0 Å². The Balaban J connectivity index is 1.61. The van der Waals surface area contributed by atoms with Crippen LogP contribution >= 0.6 is 0 Å². The van der Waals surface area contributed by atoms with Gasteiger partial charge in [-0.3, -0.25) is 4.79 Å². The zero-order valence-electron chi connectivity index (χ0n) is 15.9. The van der Waals surface area contributed by atoms with Gasteiger partial charge in [0.2, 0.25) is 0 Å². The number of carbonyl (C=O) groups excluding carboxylic acids is 1. The van der Waals surface area contributed by atoms with Gasteiger partial charge in [-0.1, -0.05) is 13.8 Å². The zero-order valence-corrected chi connectivity index (χ0v) is 15.9. The van der Waals surface area contributed by atoms with Crippen molar-refractivity contribution in [3.8, 4) is 0 Å². The molecule has 0 spiro atoms. The maximum absolute atomic E-state index is 11.5. The molecule has 0 aromatic heterocycles. The third kappa shape index (κ3) is 2.58. The highest BCUT2D eigenvalue weighted by atomic mass is 16.5. The van der Waals surface area contributed by atoms with Gasteiger partial charge in [-0.15, -0.1) is 0 Å². The lowest BCUT2D eigenvalue weighted by Crippen LogP contribution is -2.58. The van der Waals surface area contributed by atoms with Gasteiger partial charge in [0.1, 0.15) is 6.10 Å². The van der Waals surface area contributed by atoms with Crippen LogP contribution in [-0.2, 0) is 9.53 Å². The van der Waals surface area contributed by atoms with Crippen molar-refractivity contribution in [2.45, 2.75) is 90.4 Å². The smallest absolute Gasteiger partial charge is 0.302 e. The largest absolute Gasteiger partial charge is 0.462 e. The van der Waals surface area contributed by atoms with Gasteiger partial charge in [0, 0.05) is 12.3 Å². The summed E-state index contributed by atoms with van der Waals surface area (Å²) in [5.74, 6) is 1.81. The minimum atomic E-state index is -0.295. The quantitative estimate of drug-likeness (QED) is 0.712. The van der Waals surface area contributed by atoms with Crippen LogP contribution in [0.4, 0.5) is 0 Å². The van der Waals surface area contributed by atoms with Crippen LogP contribution < -0.4 is 0 Å². The van der Waals surface area contributed by atoms with Gasteiger partial charge < -0.3 is 14.9 Å². The molecular formula is C21H34O4. The SMILES string of the molecule is CC(=O)O[C@@H]1CC[C@H]2[C@@H]3C[C@@H](O)[C@@H]4C[C@@H](O)CC[C@]4(C)[C@H]3CC[C@]12C. The lowest BCUT2D eigenvalue weighted by Gasteiger charge is -2.61. The summed E-state index contributed by atoms with van der Waals surface area (Å²) in [6.07, 6.45) is 7.44. The summed E-state index contributed by atoms with van der Waals surface area (Å²) in [5.41, 5.74) is 0.229. The fourth-order valence-corrected chi connectivity index (χ4v) is 7.62. The van der Waals surface area contributed by atoms with E-state index in [4.69, 9.17) is 4.74 Å². The third-order valence-electron chi connectivity index (χ3n) is 8.87. The van der Waals surface area contributed by atoms with Crippen molar-refractivity contribution < 1.29 is 19.7 Å². The van der Waals surface area contributed by atoms with Gasteiger partial charge in [0.15, 0.2) is 0 Å². The van der Waals surface area contributed by atoms with Gasteiger partial charge >= 0.3 is 5.97 Å². The molecule has 0 unspecified atom stereocenters. The van der Waals surface area contributed by atoms with Crippen molar-refractivity contribution in [2.24, 2.45) is 34.5 Å². The molecule has 25 heavy (non-hydrogen) atoms. The molecule has 0 saturated heterocycles. The van der Waals surface area contributed by atoms with Crippen molar-refractivity contribution in [3.05, 3.63) is 0 Å². The van der Waals surface area contributed by atoms with Crippen molar-refractivity contribution in [1.29, 1.82) is 0 Å². The number of aliphatic hydroxyl groups is 2. The monoisotopic (exact) mass is 350 g/mol. The van der Waals surface area contributed by atoms with E-state index in [1.165, 1.54) is 13.3 Å². The van der Waals surface area contributed by atoms with Gasteiger partial charge in [-0.05, 0) is 80.5 Å². The van der Waals surface area contributed by atoms with Crippen molar-refractivity contribution in [2.75, 3.05) is 0 Å². The van der Waals surface area contributed by atoms with E-state index >= 15 is 0 Å². The van der Waals surface area contributed by atoms with Crippen LogP contribution in [0.2, 0.25) is 0 Å². The molecule has 0 aliphatic heterocycles. The average Bonchev–Trinajstić information content (AvgIpc) is 2.86. The number of carbonyl (C=O) groups is 1. The Labute approximate surface area is 151 Å². The molecule has 0 amide bonds. The van der Waals surface area contributed by atoms with Gasteiger partial charge in [0.25, 0.3) is 0 Å². The molecule has 4 saturated carbocycles. The normalized spacial score (nSPS) is 55.0. The van der Waals surface area contributed by atoms with E-state index in [-0.39, 0.29) is 41.0 Å². The average molecular weight is 350 g/mol. The fraction of sp³-hybridized carbons (Fsp3) is 0.952. The second kappa shape index (κ2) is 5.95. The standard InChI is InChI=1S/C21H34O4/c1-12(22)25-19-5-4-15-14-11-18(24)17-10-13(23)6-8-20(17,2)16(14)7-9-21(15,19)3/h13-19,23-24H,4-11H2,1-3H3/t13-,14-,15-,16-,17-,18+,19+,20+,21-/m0/s1. The predicted octanol–water partition coefficient (Wildman–Crippen LogP) is 3.29. The van der Waals surface area contributed by atoms with E-state index in [0.29, 0.717) is 17.8 Å². The lowest BCUT2D eigenvalue weighted by atomic mass is 9.44. The van der Waals surface area contributed by atoms with E-state index in [0.717, 1.165) is 44.9 Å². The molecule has 4 fully saturated rings. The molecule has 142 valence electrons. The first kappa shape index (κ1) is 17.8. The summed E-state index contributed by atoms with van der Waals surface area (Å²) in [6, 6.07) is 0. The molecular weight excluding hydrogens is 316 g/mol. The molecule has 4 aliphatic carbocycles. The Bertz CT molecular complexity index is 548. The number of hydrogen-bond acceptors (Lipinski definition) is 4. The van der Waals surface area contributed by atoms with E-state index in [1.807, 2.05) is 0 Å². The summed E-state index contributed by atoms with van der Waals surface area (Å²) in [7, 11) is 0. The van der Waals surface area contributed by atoms with Gasteiger partial charge in [-0.2, -0.15) is 0 Å². The predicted molar refractivity (Wildman–Crippen MR) is 94.7 cm³/mol. The lowest BCUT2D eigenvalue weighted by molar-refractivity contribution is -0.181. The summed E-state index contributed by atoms with van der Waals surface area (Å²) in [5, 5.41) is 21.1. The highest BCUT2D eigenvalue weighted by molar-refractivity contribution is 5.66. The molecule has 0 bridgehead atoms. The Hall–Kier alpha value is -0.610. The maximum Gasteiger partial charge on any atom is 0.302 e. The molecule has 4 nitrogen and oxygen atoms in total. The molecule has 0 aromatic rings. The Morgan fingerprint density at radius 3 is 2.32 bits per heavy atom. The number of ether oxygens (including phenoxy) is 1. The minimum Gasteiger partial charge on any atom is -0.462 e. The van der Waals surface area contributed by atoms with Crippen LogP contribution in [0.5, 0.6) is 0 Å². The van der Waals surface area contributed by atoms with Gasteiger partial charge in [0.05, 0.1) is 12.2 Å². The number of hydrogen-bond donors (Lipinski definition) is 2. The molecule has 4 rings (SSSR count). The maximum atomic E-state index is 11.5. The summed E-state index contributed by atoms with van der Waals surface area (Å²) in [4.78, 5) is 11.5. The van der Waals surface area contributed by atoms with E-state index in [2.05, 4.69) is 13.8 Å². The second-order valence-corrected chi connectivity index (χ2v) is 9.94. The summed E-state index contributed by atoms with van der Waals surface area (Å²) >= 11 is 0. The Kier molecular flexibility index (Phi) is 4.23. The third-order valence-corrected chi connectivity index (χ3v) is 8.87. The fourth-order valence-electron chi connectivity index (χ4n) is 7.62. The molecule has 2 N–H and O–H groups in total. The zero-order chi connectivity index (χ0) is 18.0. The first-order chi connectivity index (χ1) is 11.8. The molecule has 0 radical (unpaired) electrons. The summed E-state index contributed by atoms with van der Waals surface area (Å²) in [6.45, 7) is 6.22. The van der Waals surface area contributed by atoms with Crippen molar-refractivity contribution in [1.82, 2.24) is 0 Å². The van der Waals surface area contributed by atoms with Crippen LogP contribution in [0.1, 0.15) is 72.1 Å². The minimum absolute atomic E-state index is 0.0480. The Morgan fingerprint density at radius 1 is 0.920 bits per heavy atom. The first-order valence-corrected chi connectivity index (χ1v) is 10.3. The Morgan fingerprint density at radius 2 is 1.60 bits per heavy atom. The molecule has 0 heterocycles. The summed E-state index contributed by atoms with van der Waals surface area (Å²) < 4.78 is 5.70. The topological polar surface area (TPSA) is 66.8 Å². The van der Waals surface area contributed by atoms with Crippen molar-refractivity contribution >= 4 is 5.97 Å². The second-order valence-electron chi connectivity index (χ2n) is 9.94. The van der Waals surface area contributed by atoms with Crippen LogP contribution in [0, 0.1) is 34.5 Å². The molecule has 0 aromatic carbocycles. The number of fused-ring (bicyclic) bond motifs is 5.